The molecular formula is C62H77BrCl2N6O10. The van der Waals surface area contributed by atoms with Gasteiger partial charge < -0.3 is 51.2 Å². The number of primary amides is 2. The molecule has 0 radical (unpaired) electrons. The van der Waals surface area contributed by atoms with Crippen LogP contribution in [0.1, 0.15) is 102 Å². The van der Waals surface area contributed by atoms with Gasteiger partial charge in [-0.1, -0.05) is 130 Å². The van der Waals surface area contributed by atoms with Crippen molar-refractivity contribution in [2.75, 3.05) is 22.9 Å². The number of carbonyl (C=O) groups excluding carboxylic acids is 6. The lowest BCUT2D eigenvalue weighted by atomic mass is 10.0. The van der Waals surface area contributed by atoms with Gasteiger partial charge in [-0.3, -0.25) is 28.8 Å². The summed E-state index contributed by atoms with van der Waals surface area (Å²) in [4.78, 5) is 76.9. The van der Waals surface area contributed by atoms with Gasteiger partial charge in [-0.05, 0) is 130 Å². The molecule has 0 aliphatic carbocycles. The molecule has 0 saturated carbocycles. The van der Waals surface area contributed by atoms with Crippen molar-refractivity contribution in [2.24, 2.45) is 11.5 Å². The average Bonchev–Trinajstić information content (AvgIpc) is 3.95. The Balaban J connectivity index is 0.000000451. The fourth-order valence-electron chi connectivity index (χ4n) is 8.02. The number of hydrogen-bond donors (Lipinski definition) is 5. The molecule has 6 amide bonds. The summed E-state index contributed by atoms with van der Waals surface area (Å²) in [5.41, 5.74) is 14.9. The zero-order valence-electron chi connectivity index (χ0n) is 42.9. The van der Waals surface area contributed by atoms with Crippen molar-refractivity contribution < 1.29 is 48.1 Å². The third kappa shape index (κ3) is 20.5. The summed E-state index contributed by atoms with van der Waals surface area (Å²) < 4.78 is 17.1. The fourth-order valence-corrected chi connectivity index (χ4v) is 8.92. The Morgan fingerprint density at radius 1 is 0.593 bits per heavy atom. The van der Waals surface area contributed by atoms with Crippen LogP contribution in [0, 0.1) is 0 Å². The molecule has 19 heteroatoms. The Kier molecular flexibility index (Phi) is 28.5. The Bertz CT molecular complexity index is 2990. The van der Waals surface area contributed by atoms with E-state index >= 15 is 0 Å². The zero-order valence-corrected chi connectivity index (χ0v) is 46.0. The number of phenolic OH excluding ortho intramolecular Hbond substituents is 1. The van der Waals surface area contributed by atoms with Gasteiger partial charge in [-0.25, -0.2) is 0 Å². The van der Waals surface area contributed by atoms with Crippen LogP contribution in [-0.4, -0.2) is 88.9 Å². The number of alkyl halides is 1. The number of anilines is 2. The van der Waals surface area contributed by atoms with Crippen LogP contribution in [0.3, 0.4) is 0 Å². The monoisotopic (exact) mass is 1210 g/mol. The third-order valence-electron chi connectivity index (χ3n) is 11.9. The van der Waals surface area contributed by atoms with Crippen LogP contribution in [-0.2, 0) is 32.0 Å². The van der Waals surface area contributed by atoms with Gasteiger partial charge >= 0.3 is 0 Å². The smallest absolute Gasteiger partial charge is 0.268 e. The lowest BCUT2D eigenvalue weighted by Crippen LogP contribution is -2.45. The number of ether oxygens (including phenoxy) is 3. The van der Waals surface area contributed by atoms with Gasteiger partial charge in [0.2, 0.25) is 17.7 Å². The number of rotatable bonds is 18. The molecule has 4 atom stereocenters. The molecule has 2 fully saturated rings. The molecule has 7 N–H and O–H groups in total. The van der Waals surface area contributed by atoms with Crippen molar-refractivity contribution in [3.8, 4) is 23.0 Å². The molecule has 2 unspecified atom stereocenters. The minimum atomic E-state index is -0.935. The van der Waals surface area contributed by atoms with Crippen LogP contribution in [0.15, 0.2) is 146 Å². The molecule has 81 heavy (non-hydrogen) atoms. The normalized spacial score (nSPS) is 14.8. The second-order valence-electron chi connectivity index (χ2n) is 18.5. The van der Waals surface area contributed by atoms with Crippen molar-refractivity contribution in [3.63, 3.8) is 0 Å². The summed E-state index contributed by atoms with van der Waals surface area (Å²) in [7, 11) is 0. The highest BCUT2D eigenvalue weighted by Crippen LogP contribution is 2.29. The van der Waals surface area contributed by atoms with E-state index in [1.807, 2.05) is 93.3 Å². The molecule has 2 heterocycles. The van der Waals surface area contributed by atoms with Crippen LogP contribution in [0.4, 0.5) is 11.4 Å². The molecule has 2 aliphatic rings. The van der Waals surface area contributed by atoms with E-state index in [4.69, 9.17) is 48.9 Å². The van der Waals surface area contributed by atoms with Crippen molar-refractivity contribution >= 4 is 85.9 Å². The zero-order chi connectivity index (χ0) is 55.8. The number of hydrogen-bond acceptors (Lipinski definition) is 10. The van der Waals surface area contributed by atoms with Crippen LogP contribution in [0.25, 0.3) is 0 Å². The molecule has 2 aliphatic heterocycles. The Labute approximate surface area is 495 Å². The molecular weight excluding hydrogens is 1140 g/mol. The van der Waals surface area contributed by atoms with Crippen molar-refractivity contribution in [3.05, 3.63) is 178 Å². The predicted octanol–water partition coefficient (Wildman–Crippen LogP) is 11.5. The fraction of sp³-hybridized carbons (Fsp3) is 0.323. The van der Waals surface area contributed by atoms with Crippen LogP contribution in [0.2, 0.25) is 10.0 Å². The lowest BCUT2D eigenvalue weighted by molar-refractivity contribution is -0.123. The quantitative estimate of drug-likeness (QED) is 0.0511. The number of nitrogens with one attached hydrogen (secondary N) is 2. The average molecular weight is 1220 g/mol. The van der Waals surface area contributed by atoms with Crippen LogP contribution < -0.4 is 46.1 Å². The number of benzene rings is 6. The number of phenols is 1. The first-order valence-corrected chi connectivity index (χ1v) is 26.5. The number of halogens is 3. The molecule has 0 aromatic heterocycles. The number of nitrogens with zero attached hydrogens (tertiary/aromatic N) is 2. The lowest BCUT2D eigenvalue weighted by Gasteiger charge is -2.18. The number of para-hydroxylation sites is 2. The third-order valence-corrected chi connectivity index (χ3v) is 13.3. The molecule has 16 nitrogen and oxygen atoms in total. The van der Waals surface area contributed by atoms with Gasteiger partial charge in [0, 0.05) is 54.9 Å². The Morgan fingerprint density at radius 3 is 1.36 bits per heavy atom. The van der Waals surface area contributed by atoms with Crippen molar-refractivity contribution in [2.45, 2.75) is 118 Å². The molecule has 0 bridgehead atoms. The van der Waals surface area contributed by atoms with Gasteiger partial charge in [0.25, 0.3) is 17.7 Å². The summed E-state index contributed by atoms with van der Waals surface area (Å²) in [5, 5.41) is 15.2. The molecule has 6 aromatic rings. The van der Waals surface area contributed by atoms with E-state index in [-0.39, 0.29) is 82.7 Å². The first-order chi connectivity index (χ1) is 36.8. The van der Waals surface area contributed by atoms with Crippen molar-refractivity contribution in [1.29, 1.82) is 0 Å². The molecule has 6 aromatic carbocycles. The van der Waals surface area contributed by atoms with E-state index in [9.17, 15) is 33.9 Å². The van der Waals surface area contributed by atoms with E-state index in [1.54, 1.807) is 65.6 Å². The second-order valence-corrected chi connectivity index (χ2v) is 20.4. The van der Waals surface area contributed by atoms with Crippen LogP contribution >= 0.6 is 39.1 Å². The number of carbonyl (C=O) groups is 6. The van der Waals surface area contributed by atoms with Gasteiger partial charge in [0.1, 0.15) is 35.1 Å². The van der Waals surface area contributed by atoms with Gasteiger partial charge in [0.15, 0.2) is 6.10 Å². The summed E-state index contributed by atoms with van der Waals surface area (Å²) in [6.07, 6.45) is 1.20. The minimum absolute atomic E-state index is 0. The number of aromatic hydroxyl groups is 1. The summed E-state index contributed by atoms with van der Waals surface area (Å²) >= 11 is 15.7. The molecule has 8 rings (SSSR count). The van der Waals surface area contributed by atoms with E-state index in [2.05, 4.69) is 26.6 Å². The maximum absolute atomic E-state index is 12.8. The van der Waals surface area contributed by atoms with E-state index in [0.29, 0.717) is 45.8 Å². The largest absolute Gasteiger partial charge is 0.508 e. The molecule has 436 valence electrons. The van der Waals surface area contributed by atoms with E-state index in [1.165, 1.54) is 24.3 Å². The highest BCUT2D eigenvalue weighted by molar-refractivity contribution is 9.10. The first-order valence-electron chi connectivity index (χ1n) is 24.8. The predicted molar refractivity (Wildman–Crippen MR) is 328 cm³/mol. The summed E-state index contributed by atoms with van der Waals surface area (Å²) in [6, 6.07) is 40.1. The second kappa shape index (κ2) is 33.2. The van der Waals surface area contributed by atoms with Crippen LogP contribution in [0.5, 0.6) is 23.0 Å². The Hall–Kier alpha value is -7.60. The highest BCUT2D eigenvalue weighted by Gasteiger charge is 2.34. The van der Waals surface area contributed by atoms with E-state index in [0.717, 1.165) is 35.5 Å². The number of nitrogens with two attached hydrogens (primary N) is 2. The van der Waals surface area contributed by atoms with Gasteiger partial charge in [-0.2, -0.15) is 0 Å². The maximum Gasteiger partial charge on any atom is 0.268 e. The summed E-state index contributed by atoms with van der Waals surface area (Å²) in [5.74, 6) is -0.564. The summed E-state index contributed by atoms with van der Waals surface area (Å²) in [6.45, 7) is 8.90. The van der Waals surface area contributed by atoms with Gasteiger partial charge in [-0.15, -0.1) is 0 Å². The topological polar surface area (TPSA) is 233 Å². The Morgan fingerprint density at radius 2 is 0.988 bits per heavy atom. The highest BCUT2D eigenvalue weighted by atomic mass is 79.9. The first kappa shape index (κ1) is 69.5. The van der Waals surface area contributed by atoms with Gasteiger partial charge in [0.05, 0.1) is 27.1 Å². The number of amides is 6. The van der Waals surface area contributed by atoms with Crippen molar-refractivity contribution in [1.82, 2.24) is 10.6 Å². The minimum Gasteiger partial charge on any atom is -0.508 e. The maximum atomic E-state index is 12.8. The standard InChI is InChI=1S/C29H30ClN3O5.C19H21ClN2O4.C10H10BrNO.4CH4/c1-18(2)37-25-13-10-20(17-23(25)30)28(35)32-24(27(31)34)16-19-8-11-22(12-9-19)38-26-14-15-33(29(26)36)21-6-4-3-5-7-21;1-11(2)26-17-8-5-13(10-15(17)20)19(25)22-16(18(21)24)9-12-3-6-14(23)7-4-12;11-9-6-7-12(10(9)13)8-4-2-1-3-5-8;;;;/h3-13,17-18,24,26H,14-16H2,1-2H3,(H2,31,34)(H,32,35);3-8,10-11,16,23H,9H2,1-2H3,(H2,21,24)(H,22,25);1-5,9H,6-7H2;4*1H4/t24-,26?;16-;;;;;/m00...../s1. The molecule has 2 saturated heterocycles. The van der Waals surface area contributed by atoms with E-state index < -0.39 is 41.8 Å². The molecule has 0 spiro atoms. The SMILES string of the molecule is C.C.C.C.CC(C)Oc1ccc(C(=O)N[C@@H](Cc2ccc(O)cc2)C(N)=O)cc1Cl.CC(C)Oc1ccc(C(=O)N[C@@H](Cc2ccc(OC3CCN(c4ccccc4)C3=O)cc2)C(N)=O)cc1Cl.O=C1C(Br)CCN1c1ccccc1.